The Labute approximate surface area is 135 Å². The molecule has 1 atom stereocenters. The number of carbonyl (C=O) groups is 1. The Balaban J connectivity index is 2.06. The number of nitrogens with two attached hydrogens (primary N) is 1. The zero-order valence-electron chi connectivity index (χ0n) is 12.7. The molecule has 3 rings (SSSR count). The third-order valence-corrected chi connectivity index (χ3v) is 4.00. The number of amides is 1. The van der Waals surface area contributed by atoms with Gasteiger partial charge >= 0.3 is 6.18 Å². The highest BCUT2D eigenvalue weighted by atomic mass is 19.4. The van der Waals surface area contributed by atoms with Gasteiger partial charge in [-0.05, 0) is 36.8 Å². The minimum absolute atomic E-state index is 0.308. The number of nitrogens with zero attached hydrogens (tertiary/aromatic N) is 2. The molecule has 0 bridgehead atoms. The minimum Gasteiger partial charge on any atom is -0.366 e. The van der Waals surface area contributed by atoms with E-state index in [1.807, 2.05) is 6.92 Å². The average molecular weight is 333 g/mol. The van der Waals surface area contributed by atoms with Crippen molar-refractivity contribution in [3.63, 3.8) is 0 Å². The first kappa shape index (κ1) is 16.0. The van der Waals surface area contributed by atoms with Gasteiger partial charge in [0.25, 0.3) is 5.91 Å². The second kappa shape index (κ2) is 5.67. The number of aromatic nitrogens is 2. The van der Waals surface area contributed by atoms with E-state index in [9.17, 15) is 18.0 Å². The first-order valence-corrected chi connectivity index (χ1v) is 7.21. The fraction of sp³-hybridized carbons (Fsp3) is 0.176. The van der Waals surface area contributed by atoms with E-state index in [2.05, 4.69) is 4.98 Å². The van der Waals surface area contributed by atoms with Crippen LogP contribution < -0.4 is 5.73 Å². The molecule has 0 fully saturated rings. The SMILES string of the molecule is C[C@@H](c1ccc(C(F)(F)F)cc1)n1cnc2cccc(C(N)=O)c21. The molecule has 124 valence electrons. The summed E-state index contributed by atoms with van der Waals surface area (Å²) in [6.45, 7) is 1.82. The zero-order chi connectivity index (χ0) is 17.5. The van der Waals surface area contributed by atoms with E-state index in [1.54, 1.807) is 29.1 Å². The van der Waals surface area contributed by atoms with Crippen molar-refractivity contribution in [1.29, 1.82) is 0 Å². The van der Waals surface area contributed by atoms with E-state index >= 15 is 0 Å². The van der Waals surface area contributed by atoms with Crippen molar-refractivity contribution in [3.05, 3.63) is 65.5 Å². The summed E-state index contributed by atoms with van der Waals surface area (Å²) < 4.78 is 39.8. The van der Waals surface area contributed by atoms with Gasteiger partial charge in [0.1, 0.15) is 0 Å². The van der Waals surface area contributed by atoms with E-state index in [0.717, 1.165) is 12.1 Å². The zero-order valence-corrected chi connectivity index (χ0v) is 12.7. The molecule has 0 unspecified atom stereocenters. The lowest BCUT2D eigenvalue weighted by Crippen LogP contribution is -2.14. The highest BCUT2D eigenvalue weighted by molar-refractivity contribution is 6.04. The first-order valence-electron chi connectivity index (χ1n) is 7.21. The summed E-state index contributed by atoms with van der Waals surface area (Å²) in [4.78, 5) is 15.9. The Bertz CT molecular complexity index is 898. The summed E-state index contributed by atoms with van der Waals surface area (Å²) in [6.07, 6.45) is -2.82. The lowest BCUT2D eigenvalue weighted by Gasteiger charge is -2.17. The van der Waals surface area contributed by atoms with Crippen LogP contribution in [0, 0.1) is 0 Å². The third-order valence-electron chi connectivity index (χ3n) is 4.00. The van der Waals surface area contributed by atoms with Crippen LogP contribution in [0.3, 0.4) is 0 Å². The fourth-order valence-corrected chi connectivity index (χ4v) is 2.69. The van der Waals surface area contributed by atoms with E-state index < -0.39 is 17.6 Å². The summed E-state index contributed by atoms with van der Waals surface area (Å²) in [7, 11) is 0. The number of benzene rings is 2. The van der Waals surface area contributed by atoms with Crippen molar-refractivity contribution in [1.82, 2.24) is 9.55 Å². The molecule has 0 saturated heterocycles. The van der Waals surface area contributed by atoms with Gasteiger partial charge in [0.15, 0.2) is 0 Å². The van der Waals surface area contributed by atoms with E-state index in [-0.39, 0.29) is 6.04 Å². The topological polar surface area (TPSA) is 60.9 Å². The Morgan fingerprint density at radius 3 is 2.42 bits per heavy atom. The Morgan fingerprint density at radius 2 is 1.83 bits per heavy atom. The maximum Gasteiger partial charge on any atom is 0.416 e. The molecule has 1 heterocycles. The molecule has 7 heteroatoms. The van der Waals surface area contributed by atoms with Crippen LogP contribution in [0.1, 0.15) is 34.5 Å². The number of imidazole rings is 1. The first-order chi connectivity index (χ1) is 11.3. The summed E-state index contributed by atoms with van der Waals surface area (Å²) in [5, 5.41) is 0. The van der Waals surface area contributed by atoms with Crippen molar-refractivity contribution in [2.45, 2.75) is 19.1 Å². The van der Waals surface area contributed by atoms with Gasteiger partial charge in [-0.1, -0.05) is 18.2 Å². The molecule has 24 heavy (non-hydrogen) atoms. The maximum absolute atomic E-state index is 12.7. The van der Waals surface area contributed by atoms with Crippen LogP contribution in [0.4, 0.5) is 13.2 Å². The predicted octanol–water partition coefficient (Wildman–Crippen LogP) is 3.76. The molecule has 1 aromatic heterocycles. The largest absolute Gasteiger partial charge is 0.416 e. The average Bonchev–Trinajstić information content (AvgIpc) is 2.97. The number of carbonyl (C=O) groups excluding carboxylic acids is 1. The smallest absolute Gasteiger partial charge is 0.366 e. The number of alkyl halides is 3. The predicted molar refractivity (Wildman–Crippen MR) is 83.5 cm³/mol. The second-order valence-electron chi connectivity index (χ2n) is 5.49. The fourth-order valence-electron chi connectivity index (χ4n) is 2.69. The van der Waals surface area contributed by atoms with E-state index in [1.165, 1.54) is 12.1 Å². The van der Waals surface area contributed by atoms with Crippen LogP contribution in [0.2, 0.25) is 0 Å². The Morgan fingerprint density at radius 1 is 1.17 bits per heavy atom. The van der Waals surface area contributed by atoms with Gasteiger partial charge in [-0.25, -0.2) is 4.98 Å². The molecule has 3 aromatic rings. The van der Waals surface area contributed by atoms with Gasteiger partial charge < -0.3 is 10.3 Å². The van der Waals surface area contributed by atoms with Crippen LogP contribution in [-0.4, -0.2) is 15.5 Å². The van der Waals surface area contributed by atoms with Crippen LogP contribution in [-0.2, 0) is 6.18 Å². The lowest BCUT2D eigenvalue weighted by molar-refractivity contribution is -0.137. The Kier molecular flexibility index (Phi) is 3.79. The molecular formula is C17H14F3N3O. The third kappa shape index (κ3) is 2.73. The number of hydrogen-bond donors (Lipinski definition) is 1. The molecule has 0 radical (unpaired) electrons. The van der Waals surface area contributed by atoms with Gasteiger partial charge in [-0.3, -0.25) is 4.79 Å². The van der Waals surface area contributed by atoms with Gasteiger partial charge in [0.2, 0.25) is 0 Å². The molecule has 0 aliphatic carbocycles. The van der Waals surface area contributed by atoms with Crippen molar-refractivity contribution in [2.75, 3.05) is 0 Å². The number of primary amides is 1. The highest BCUT2D eigenvalue weighted by Gasteiger charge is 2.30. The highest BCUT2D eigenvalue weighted by Crippen LogP contribution is 2.31. The molecule has 0 saturated carbocycles. The van der Waals surface area contributed by atoms with Gasteiger partial charge in [-0.2, -0.15) is 13.2 Å². The summed E-state index contributed by atoms with van der Waals surface area (Å²) in [5.74, 6) is -0.582. The second-order valence-corrected chi connectivity index (χ2v) is 5.49. The molecule has 2 N–H and O–H groups in total. The number of rotatable bonds is 3. The van der Waals surface area contributed by atoms with Crippen LogP contribution in [0.25, 0.3) is 11.0 Å². The summed E-state index contributed by atoms with van der Waals surface area (Å²) >= 11 is 0. The van der Waals surface area contributed by atoms with Crippen LogP contribution in [0.15, 0.2) is 48.8 Å². The summed E-state index contributed by atoms with van der Waals surface area (Å²) in [6, 6.07) is 9.65. The molecule has 0 aliphatic heterocycles. The standard InChI is InChI=1S/C17H14F3N3O/c1-10(11-5-7-12(8-6-11)17(18,19)20)23-9-22-14-4-2-3-13(15(14)23)16(21)24/h2-10H,1H3,(H2,21,24)/t10-/m0/s1. The number of halogens is 3. The van der Waals surface area contributed by atoms with Crippen LogP contribution >= 0.6 is 0 Å². The molecule has 0 spiro atoms. The number of para-hydroxylation sites is 1. The van der Waals surface area contributed by atoms with Crippen molar-refractivity contribution >= 4 is 16.9 Å². The van der Waals surface area contributed by atoms with Gasteiger partial charge in [0, 0.05) is 0 Å². The maximum atomic E-state index is 12.7. The summed E-state index contributed by atoms with van der Waals surface area (Å²) in [5.41, 5.74) is 6.87. The lowest BCUT2D eigenvalue weighted by atomic mass is 10.0. The molecule has 2 aromatic carbocycles. The quantitative estimate of drug-likeness (QED) is 0.793. The minimum atomic E-state index is -4.37. The van der Waals surface area contributed by atoms with Crippen molar-refractivity contribution in [2.24, 2.45) is 5.73 Å². The molecule has 0 aliphatic rings. The van der Waals surface area contributed by atoms with Crippen molar-refractivity contribution in [3.8, 4) is 0 Å². The molecular weight excluding hydrogens is 319 g/mol. The van der Waals surface area contributed by atoms with Crippen LogP contribution in [0.5, 0.6) is 0 Å². The number of hydrogen-bond acceptors (Lipinski definition) is 2. The van der Waals surface area contributed by atoms with Crippen molar-refractivity contribution < 1.29 is 18.0 Å². The molecule has 1 amide bonds. The Hall–Kier alpha value is -2.83. The normalized spacial score (nSPS) is 13.2. The number of fused-ring (bicyclic) bond motifs is 1. The molecule has 4 nitrogen and oxygen atoms in total. The monoisotopic (exact) mass is 333 g/mol. The van der Waals surface area contributed by atoms with Gasteiger partial charge in [-0.15, -0.1) is 0 Å². The van der Waals surface area contributed by atoms with E-state index in [0.29, 0.717) is 22.2 Å². The van der Waals surface area contributed by atoms with Gasteiger partial charge in [0.05, 0.1) is 34.5 Å². The van der Waals surface area contributed by atoms with E-state index in [4.69, 9.17) is 5.73 Å².